The standard InChI is InChI=1S/C13H20F6O4.C12H17F5O5.C11H17F5O3.C11H17F3O.C8H9F5O.2C6H12O2/c1-5-7(2)10(20)22-9(13(17,18)19)6-11(4,21)23-8(3)12(14,15)16;1-4-7(2)8(18)20-5-9(3)10(19,11(13,14)15)12(16,17)22-6-21-9;1-4-6(2)8(17)19-7(11(14,15)16)5-10(3,18)9(12)13;1-10(15,11(12,13)14)6-9-5-7-2-3-8(9)4-7;9-7(10)5-2-1-4(3-5)6(7,14)8(11,12)13;2*1-4-5(2)6(7)8-3/h7-9,21H,5-6H2,1-4H3;7,19H,4-6H2,1-3H3;6-7,9,18H,4-5H2,1-3H3;7-9,15H,2-6H2,1H3;4-5,14H,1-3H2;2*5H,4H2,1-3H3. The van der Waals surface area contributed by atoms with Crippen LogP contribution < -0.4 is 0 Å². The van der Waals surface area contributed by atoms with Gasteiger partial charge < -0.3 is 58.7 Å². The Balaban J connectivity index is 0. The maximum Gasteiger partial charge on any atom is 0.429 e. The average molecular weight is 1650 g/mol. The second-order valence-electron chi connectivity index (χ2n) is 28.5. The van der Waals surface area contributed by atoms with E-state index >= 15 is 0 Å². The van der Waals surface area contributed by atoms with Crippen LogP contribution >= 0.6 is 0 Å². The fourth-order valence-corrected chi connectivity index (χ4v) is 11.2. The summed E-state index contributed by atoms with van der Waals surface area (Å²) in [6.07, 6.45) is -43.1. The number of alkyl halides is 24. The first-order valence-corrected chi connectivity index (χ1v) is 34.5. The maximum atomic E-state index is 13.6. The molecule has 19 atom stereocenters. The van der Waals surface area contributed by atoms with Crippen molar-refractivity contribution < 1.29 is 193 Å². The van der Waals surface area contributed by atoms with Crippen molar-refractivity contribution in [2.45, 2.75) is 308 Å². The molecule has 42 heteroatoms. The van der Waals surface area contributed by atoms with Gasteiger partial charge in [-0.2, -0.15) is 87.8 Å². The monoisotopic (exact) mass is 1650 g/mol. The quantitative estimate of drug-likeness (QED) is 0.0276. The Bertz CT molecular complexity index is 2740. The molecular formula is C67H104F24O18. The zero-order chi connectivity index (χ0) is 86.6. The predicted molar refractivity (Wildman–Crippen MR) is 336 cm³/mol. The van der Waals surface area contributed by atoms with Gasteiger partial charge in [-0.05, 0) is 129 Å². The zero-order valence-corrected chi connectivity index (χ0v) is 63.2. The van der Waals surface area contributed by atoms with Crippen molar-refractivity contribution in [2.75, 3.05) is 27.6 Å². The molecule has 0 aromatic rings. The van der Waals surface area contributed by atoms with Crippen LogP contribution in [0.1, 0.15) is 200 Å². The third-order valence-electron chi connectivity index (χ3n) is 19.6. The molecule has 0 aromatic heterocycles. The van der Waals surface area contributed by atoms with Crippen LogP contribution in [-0.2, 0) is 61.9 Å². The second kappa shape index (κ2) is 41.6. The molecule has 4 bridgehead atoms. The number of ether oxygens (including phenoxy) is 8. The minimum atomic E-state index is -5.78. The third kappa shape index (κ3) is 30.2. The molecule has 4 saturated carbocycles. The molecule has 1 heterocycles. The zero-order valence-electron chi connectivity index (χ0n) is 63.2. The van der Waals surface area contributed by atoms with Crippen LogP contribution in [0, 0.1) is 59.2 Å². The van der Waals surface area contributed by atoms with Gasteiger partial charge in [0.1, 0.15) is 17.8 Å². The van der Waals surface area contributed by atoms with Gasteiger partial charge in [-0.3, -0.25) is 28.7 Å². The SMILES string of the molecule is CC(O)(CC1CC2CCC1C2)C(F)(F)F.CCC(C)C(=O)OC.CCC(C)C(=O)OC.CCC(C)C(=O)OC(CC(C)(O)C(F)F)C(F)(F)F.CCC(C)C(=O)OC(CC(C)(O)OC(C)C(F)(F)F)C(F)(F)F.CCC(C)C(=O)OCC1(C)OCOC(F)(F)C1(O)C(F)(F)F.OC1(C(F)(F)F)C2CCC(C2)C1(F)F. The molecule has 4 aliphatic carbocycles. The Morgan fingerprint density at radius 1 is 0.514 bits per heavy atom. The molecule has 5 rings (SSSR count). The van der Waals surface area contributed by atoms with E-state index in [9.17, 15) is 155 Å². The van der Waals surface area contributed by atoms with Gasteiger partial charge in [0.15, 0.2) is 30.4 Å². The van der Waals surface area contributed by atoms with Gasteiger partial charge in [0.2, 0.25) is 11.7 Å². The Morgan fingerprint density at radius 2 is 0.908 bits per heavy atom. The smallest absolute Gasteiger partial charge is 0.429 e. The lowest BCUT2D eigenvalue weighted by molar-refractivity contribution is -0.493. The highest BCUT2D eigenvalue weighted by molar-refractivity contribution is 5.73. The van der Waals surface area contributed by atoms with Crippen LogP contribution in [0.3, 0.4) is 0 Å². The largest absolute Gasteiger partial charge is 0.469 e. The molecule has 5 fully saturated rings. The Labute approximate surface area is 615 Å². The first kappa shape index (κ1) is 106. The highest BCUT2D eigenvalue weighted by Gasteiger charge is 2.82. The summed E-state index contributed by atoms with van der Waals surface area (Å²) in [5.41, 5.74) is -16.8. The Morgan fingerprint density at radius 3 is 1.20 bits per heavy atom. The van der Waals surface area contributed by atoms with Crippen LogP contribution in [0.4, 0.5) is 105 Å². The van der Waals surface area contributed by atoms with E-state index in [0.29, 0.717) is 46.0 Å². The molecule has 1 aliphatic heterocycles. The summed E-state index contributed by atoms with van der Waals surface area (Å²) in [6, 6.07) is 0. The molecule has 18 nitrogen and oxygen atoms in total. The number of hydrogen-bond donors (Lipinski definition) is 5. The topological polar surface area (TPSA) is 260 Å². The average Bonchev–Trinajstić information content (AvgIpc) is 1.68. The van der Waals surface area contributed by atoms with Crippen LogP contribution in [0.5, 0.6) is 0 Å². The molecule has 648 valence electrons. The van der Waals surface area contributed by atoms with E-state index in [1.165, 1.54) is 41.4 Å². The van der Waals surface area contributed by atoms with Gasteiger partial charge in [0.05, 0.1) is 43.8 Å². The van der Waals surface area contributed by atoms with Crippen LogP contribution in [-0.4, -0.2) is 191 Å². The number of rotatable bonds is 23. The lowest BCUT2D eigenvalue weighted by Crippen LogP contribution is -2.76. The molecule has 5 N–H and O–H groups in total. The minimum absolute atomic E-state index is 0.0380. The summed E-state index contributed by atoms with van der Waals surface area (Å²) < 4.78 is 340. The number of fused-ring (bicyclic) bond motifs is 4. The van der Waals surface area contributed by atoms with Crippen molar-refractivity contribution in [1.29, 1.82) is 0 Å². The number of halogens is 24. The van der Waals surface area contributed by atoms with Crippen LogP contribution in [0.25, 0.3) is 0 Å². The van der Waals surface area contributed by atoms with Crippen molar-refractivity contribution in [3.8, 4) is 0 Å². The summed E-state index contributed by atoms with van der Waals surface area (Å²) >= 11 is 0. The molecule has 1 saturated heterocycles. The minimum Gasteiger partial charge on any atom is -0.469 e. The van der Waals surface area contributed by atoms with E-state index in [1.54, 1.807) is 20.8 Å². The fourth-order valence-electron chi connectivity index (χ4n) is 11.2. The number of methoxy groups -OCH3 is 2. The van der Waals surface area contributed by atoms with E-state index in [0.717, 1.165) is 39.0 Å². The predicted octanol–water partition coefficient (Wildman–Crippen LogP) is 16.6. The van der Waals surface area contributed by atoms with Gasteiger partial charge >= 0.3 is 73.0 Å². The summed E-state index contributed by atoms with van der Waals surface area (Å²) in [4.78, 5) is 55.3. The first-order valence-electron chi connectivity index (χ1n) is 34.5. The Kier molecular flexibility index (Phi) is 40.6. The highest BCUT2D eigenvalue weighted by Crippen LogP contribution is 2.64. The van der Waals surface area contributed by atoms with E-state index in [2.05, 4.69) is 37.9 Å². The van der Waals surface area contributed by atoms with Gasteiger partial charge in [-0.15, -0.1) is 0 Å². The number of carbonyl (C=O) groups is 5. The third-order valence-corrected chi connectivity index (χ3v) is 19.6. The fraction of sp³-hybridized carbons (Fsp3) is 0.925. The van der Waals surface area contributed by atoms with Gasteiger partial charge in [0, 0.05) is 24.7 Å². The van der Waals surface area contributed by atoms with Crippen molar-refractivity contribution in [3.63, 3.8) is 0 Å². The maximum absolute atomic E-state index is 13.6. The van der Waals surface area contributed by atoms with E-state index < -0.39 is 181 Å². The van der Waals surface area contributed by atoms with E-state index in [4.69, 9.17) is 0 Å². The van der Waals surface area contributed by atoms with Crippen molar-refractivity contribution in [2.24, 2.45) is 59.2 Å². The van der Waals surface area contributed by atoms with Crippen molar-refractivity contribution >= 4 is 29.8 Å². The lowest BCUT2D eigenvalue weighted by atomic mass is 9.80. The van der Waals surface area contributed by atoms with Crippen molar-refractivity contribution in [1.82, 2.24) is 0 Å². The highest BCUT2D eigenvalue weighted by atomic mass is 19.4. The molecule has 5 aliphatic rings. The van der Waals surface area contributed by atoms with E-state index in [-0.39, 0.29) is 68.2 Å². The van der Waals surface area contributed by atoms with Crippen molar-refractivity contribution in [3.05, 3.63) is 0 Å². The number of hydrogen-bond acceptors (Lipinski definition) is 18. The molecule has 0 amide bonds. The number of esters is 5. The molecule has 19 unspecified atom stereocenters. The van der Waals surface area contributed by atoms with Gasteiger partial charge in [-0.1, -0.05) is 75.7 Å². The number of aliphatic hydroxyl groups is 5. The number of carbonyl (C=O) groups excluding carboxylic acids is 5. The molecular weight excluding hydrogens is 1550 g/mol. The molecule has 109 heavy (non-hydrogen) atoms. The van der Waals surface area contributed by atoms with Gasteiger partial charge in [0.25, 0.3) is 17.9 Å². The summed E-state index contributed by atoms with van der Waals surface area (Å²) in [5, 5.41) is 47.1. The first-order chi connectivity index (χ1) is 48.8. The van der Waals surface area contributed by atoms with Crippen LogP contribution in [0.15, 0.2) is 0 Å². The summed E-state index contributed by atoms with van der Waals surface area (Å²) in [7, 11) is 2.82. The van der Waals surface area contributed by atoms with Crippen LogP contribution in [0.2, 0.25) is 0 Å². The normalized spacial score (nSPS) is 27.3. The molecule has 0 spiro atoms. The summed E-state index contributed by atoms with van der Waals surface area (Å²) in [6.45, 7) is 17.4. The lowest BCUT2D eigenvalue weighted by Gasteiger charge is -2.50. The summed E-state index contributed by atoms with van der Waals surface area (Å²) in [5.74, 6) is -13.8. The Hall–Kier alpha value is -4.65. The van der Waals surface area contributed by atoms with Gasteiger partial charge in [-0.25, -0.2) is 17.6 Å². The second-order valence-corrected chi connectivity index (χ2v) is 28.5. The molecule has 0 radical (unpaired) electrons. The van der Waals surface area contributed by atoms with E-state index in [1.807, 2.05) is 27.7 Å². The molecule has 0 aromatic carbocycles.